The number of pyridine rings is 1. The van der Waals surface area contributed by atoms with Crippen molar-refractivity contribution < 1.29 is 4.74 Å². The number of aromatic nitrogens is 1. The van der Waals surface area contributed by atoms with Crippen LogP contribution in [-0.2, 0) is 6.42 Å². The van der Waals surface area contributed by atoms with Crippen LogP contribution in [0.5, 0.6) is 5.88 Å². The summed E-state index contributed by atoms with van der Waals surface area (Å²) in [6, 6.07) is 13.5. The lowest BCUT2D eigenvalue weighted by Crippen LogP contribution is -1.92. The SMILES string of the molecule is Clc1ccc2nc3c(c(-c4ccccc4Cl)c2c1)CCO3. The standard InChI is InChI=1S/C17H11Cl2NO/c18-10-5-6-15-13(9-10)16(11-3-1-2-4-14(11)19)12-7-8-21-17(12)20-15/h1-6,9H,7-8H2. The van der Waals surface area contributed by atoms with Gasteiger partial charge in [-0.05, 0) is 24.3 Å². The minimum Gasteiger partial charge on any atom is -0.477 e. The number of hydrogen-bond donors (Lipinski definition) is 0. The molecule has 0 spiro atoms. The predicted octanol–water partition coefficient (Wildman–Crippen LogP) is 5.14. The lowest BCUT2D eigenvalue weighted by atomic mass is 9.95. The Morgan fingerprint density at radius 2 is 1.90 bits per heavy atom. The van der Waals surface area contributed by atoms with Crippen molar-refractivity contribution in [3.8, 4) is 17.0 Å². The first kappa shape index (κ1) is 12.9. The lowest BCUT2D eigenvalue weighted by Gasteiger charge is -2.13. The summed E-state index contributed by atoms with van der Waals surface area (Å²) >= 11 is 12.6. The Balaban J connectivity index is 2.15. The average Bonchev–Trinajstić information content (AvgIpc) is 2.94. The van der Waals surface area contributed by atoms with Crippen molar-refractivity contribution >= 4 is 34.1 Å². The number of nitrogens with zero attached hydrogens (tertiary/aromatic N) is 1. The second kappa shape index (κ2) is 4.90. The molecule has 4 heteroatoms. The van der Waals surface area contributed by atoms with E-state index in [0.717, 1.165) is 39.0 Å². The van der Waals surface area contributed by atoms with Gasteiger partial charge in [0, 0.05) is 38.5 Å². The van der Waals surface area contributed by atoms with Crippen molar-refractivity contribution in [1.29, 1.82) is 0 Å². The van der Waals surface area contributed by atoms with Crippen molar-refractivity contribution in [2.45, 2.75) is 6.42 Å². The van der Waals surface area contributed by atoms with Gasteiger partial charge in [0.05, 0.1) is 12.1 Å². The Hall–Kier alpha value is -1.77. The molecule has 0 saturated carbocycles. The van der Waals surface area contributed by atoms with Gasteiger partial charge in [0.2, 0.25) is 5.88 Å². The zero-order valence-corrected chi connectivity index (χ0v) is 12.6. The van der Waals surface area contributed by atoms with Gasteiger partial charge in [-0.25, -0.2) is 4.98 Å². The summed E-state index contributed by atoms with van der Waals surface area (Å²) in [6.07, 6.45) is 0.839. The van der Waals surface area contributed by atoms with Gasteiger partial charge < -0.3 is 4.74 Å². The first-order valence-electron chi connectivity index (χ1n) is 6.74. The van der Waals surface area contributed by atoms with Gasteiger partial charge in [-0.3, -0.25) is 0 Å². The second-order valence-corrected chi connectivity index (χ2v) is 5.85. The third-order valence-electron chi connectivity index (χ3n) is 3.74. The number of fused-ring (bicyclic) bond motifs is 2. The van der Waals surface area contributed by atoms with Gasteiger partial charge in [-0.1, -0.05) is 41.4 Å². The molecule has 0 aliphatic carbocycles. The molecule has 0 saturated heterocycles. The maximum absolute atomic E-state index is 6.41. The quantitative estimate of drug-likeness (QED) is 0.620. The summed E-state index contributed by atoms with van der Waals surface area (Å²) < 4.78 is 5.65. The highest BCUT2D eigenvalue weighted by Gasteiger charge is 2.23. The van der Waals surface area contributed by atoms with Gasteiger partial charge in [0.15, 0.2) is 0 Å². The van der Waals surface area contributed by atoms with E-state index in [0.29, 0.717) is 17.5 Å². The zero-order valence-electron chi connectivity index (χ0n) is 11.1. The highest BCUT2D eigenvalue weighted by atomic mass is 35.5. The van der Waals surface area contributed by atoms with Gasteiger partial charge >= 0.3 is 0 Å². The van der Waals surface area contributed by atoms with Crippen LogP contribution in [0, 0.1) is 0 Å². The Kier molecular flexibility index (Phi) is 3.02. The molecular weight excluding hydrogens is 305 g/mol. The molecule has 0 bridgehead atoms. The van der Waals surface area contributed by atoms with Crippen LogP contribution < -0.4 is 4.74 Å². The molecular formula is C17H11Cl2NO. The molecule has 2 heterocycles. The molecule has 0 radical (unpaired) electrons. The first-order chi connectivity index (χ1) is 10.2. The van der Waals surface area contributed by atoms with Crippen molar-refractivity contribution in [2.75, 3.05) is 6.61 Å². The lowest BCUT2D eigenvalue weighted by molar-refractivity contribution is 0.346. The van der Waals surface area contributed by atoms with Gasteiger partial charge in [0.1, 0.15) is 0 Å². The predicted molar refractivity (Wildman–Crippen MR) is 86.4 cm³/mol. The number of ether oxygens (including phenoxy) is 1. The molecule has 21 heavy (non-hydrogen) atoms. The third kappa shape index (κ3) is 2.06. The molecule has 3 aromatic rings. The van der Waals surface area contributed by atoms with Crippen molar-refractivity contribution in [2.24, 2.45) is 0 Å². The van der Waals surface area contributed by atoms with Crippen LogP contribution in [-0.4, -0.2) is 11.6 Å². The second-order valence-electron chi connectivity index (χ2n) is 5.01. The fourth-order valence-electron chi connectivity index (χ4n) is 2.83. The van der Waals surface area contributed by atoms with Crippen LogP contribution in [0.2, 0.25) is 10.0 Å². The summed E-state index contributed by atoms with van der Waals surface area (Å²) in [5.41, 5.74) is 4.06. The fraction of sp³-hybridized carbons (Fsp3) is 0.118. The molecule has 0 atom stereocenters. The smallest absolute Gasteiger partial charge is 0.217 e. The van der Waals surface area contributed by atoms with E-state index < -0.39 is 0 Å². The van der Waals surface area contributed by atoms with Gasteiger partial charge in [-0.15, -0.1) is 0 Å². The van der Waals surface area contributed by atoms with E-state index in [1.165, 1.54) is 0 Å². The number of halogens is 2. The molecule has 104 valence electrons. The normalized spacial score (nSPS) is 13.2. The van der Waals surface area contributed by atoms with Crippen molar-refractivity contribution in [1.82, 2.24) is 4.98 Å². The maximum atomic E-state index is 6.41. The highest BCUT2D eigenvalue weighted by molar-refractivity contribution is 6.34. The first-order valence-corrected chi connectivity index (χ1v) is 7.49. The number of hydrogen-bond acceptors (Lipinski definition) is 2. The van der Waals surface area contributed by atoms with E-state index in [1.807, 2.05) is 42.5 Å². The molecule has 2 aromatic carbocycles. The Bertz CT molecular complexity index is 861. The largest absolute Gasteiger partial charge is 0.477 e. The molecule has 1 aromatic heterocycles. The van der Waals surface area contributed by atoms with Crippen LogP contribution in [0.25, 0.3) is 22.0 Å². The van der Waals surface area contributed by atoms with Crippen LogP contribution in [0.15, 0.2) is 42.5 Å². The summed E-state index contributed by atoms with van der Waals surface area (Å²) in [4.78, 5) is 4.59. The van der Waals surface area contributed by atoms with E-state index in [-0.39, 0.29) is 0 Å². The van der Waals surface area contributed by atoms with Crippen molar-refractivity contribution in [3.05, 3.63) is 58.1 Å². The highest BCUT2D eigenvalue weighted by Crippen LogP contribution is 2.41. The molecule has 0 fully saturated rings. The molecule has 1 aliphatic heterocycles. The summed E-state index contributed by atoms with van der Waals surface area (Å²) in [5, 5.41) is 2.43. The molecule has 1 aliphatic rings. The van der Waals surface area contributed by atoms with E-state index in [9.17, 15) is 0 Å². The third-order valence-corrected chi connectivity index (χ3v) is 4.31. The topological polar surface area (TPSA) is 22.1 Å². The molecule has 0 amide bonds. The zero-order chi connectivity index (χ0) is 14.4. The van der Waals surface area contributed by atoms with E-state index in [4.69, 9.17) is 27.9 Å². The Labute approximate surface area is 132 Å². The Morgan fingerprint density at radius 1 is 1.05 bits per heavy atom. The van der Waals surface area contributed by atoms with E-state index in [1.54, 1.807) is 0 Å². The van der Waals surface area contributed by atoms with Crippen LogP contribution in [0.4, 0.5) is 0 Å². The molecule has 4 rings (SSSR count). The van der Waals surface area contributed by atoms with Crippen LogP contribution >= 0.6 is 23.2 Å². The molecule has 0 N–H and O–H groups in total. The summed E-state index contributed by atoms with van der Waals surface area (Å²) in [6.45, 7) is 0.657. The minimum absolute atomic E-state index is 0.657. The van der Waals surface area contributed by atoms with Crippen LogP contribution in [0.3, 0.4) is 0 Å². The van der Waals surface area contributed by atoms with E-state index in [2.05, 4.69) is 4.98 Å². The Morgan fingerprint density at radius 3 is 2.76 bits per heavy atom. The summed E-state index contributed by atoms with van der Waals surface area (Å²) in [5.74, 6) is 0.708. The van der Waals surface area contributed by atoms with Gasteiger partial charge in [-0.2, -0.15) is 0 Å². The molecule has 2 nitrogen and oxygen atoms in total. The molecule has 0 unspecified atom stereocenters. The van der Waals surface area contributed by atoms with Crippen molar-refractivity contribution in [3.63, 3.8) is 0 Å². The monoisotopic (exact) mass is 315 g/mol. The average molecular weight is 316 g/mol. The van der Waals surface area contributed by atoms with Crippen LogP contribution in [0.1, 0.15) is 5.56 Å². The fourth-order valence-corrected chi connectivity index (χ4v) is 3.23. The van der Waals surface area contributed by atoms with E-state index >= 15 is 0 Å². The number of rotatable bonds is 1. The summed E-state index contributed by atoms with van der Waals surface area (Å²) in [7, 11) is 0. The van der Waals surface area contributed by atoms with Gasteiger partial charge in [0.25, 0.3) is 0 Å². The maximum Gasteiger partial charge on any atom is 0.217 e. The number of benzene rings is 2. The minimum atomic E-state index is 0.657.